The van der Waals surface area contributed by atoms with E-state index in [-0.39, 0.29) is 0 Å². The minimum absolute atomic E-state index is 0.644. The van der Waals surface area contributed by atoms with Crippen molar-refractivity contribution in [3.63, 3.8) is 0 Å². The summed E-state index contributed by atoms with van der Waals surface area (Å²) in [4.78, 5) is 5.11. The molecule has 4 heteroatoms. The van der Waals surface area contributed by atoms with Gasteiger partial charge in [-0.25, -0.2) is 0 Å². The average Bonchev–Trinajstić information content (AvgIpc) is 2.89. The van der Waals surface area contributed by atoms with Gasteiger partial charge in [-0.15, -0.1) is 11.3 Å². The van der Waals surface area contributed by atoms with E-state index in [9.17, 15) is 5.11 Å². The summed E-state index contributed by atoms with van der Waals surface area (Å²) < 4.78 is 0.717. The summed E-state index contributed by atoms with van der Waals surface area (Å²) in [6.45, 7) is 9.69. The molecule has 0 aromatic carbocycles. The Hall–Kier alpha value is -1.42. The van der Waals surface area contributed by atoms with E-state index in [1.807, 2.05) is 51.1 Å². The minimum atomic E-state index is -0.764. The third kappa shape index (κ3) is 5.12. The minimum Gasteiger partial charge on any atom is -0.384 e. The van der Waals surface area contributed by atoms with E-state index < -0.39 is 6.10 Å². The Bertz CT molecular complexity index is 608. The fourth-order valence-corrected chi connectivity index (χ4v) is 2.89. The van der Waals surface area contributed by atoms with E-state index in [1.54, 1.807) is 12.4 Å². The van der Waals surface area contributed by atoms with Crippen molar-refractivity contribution in [1.82, 2.24) is 0 Å². The van der Waals surface area contributed by atoms with Crippen molar-refractivity contribution in [2.75, 3.05) is 0 Å². The molecule has 112 valence electrons. The smallest absolute Gasteiger partial charge is 0.102 e. The molecule has 0 bridgehead atoms. The molecule has 1 N–H and O–H groups in total. The number of halogens is 1. The number of nitrogens with zero attached hydrogens (tertiary/aromatic N) is 1. The Balaban J connectivity index is 2.90. The maximum atomic E-state index is 10.4. The van der Waals surface area contributed by atoms with Gasteiger partial charge in [0.1, 0.15) is 6.10 Å². The van der Waals surface area contributed by atoms with Crippen LogP contribution >= 0.6 is 22.9 Å². The lowest BCUT2D eigenvalue weighted by Gasteiger charge is -2.16. The summed E-state index contributed by atoms with van der Waals surface area (Å²) in [5.74, 6) is 0. The van der Waals surface area contributed by atoms with Gasteiger partial charge in [0.25, 0.3) is 0 Å². The molecule has 2 nitrogen and oxygen atoms in total. The highest BCUT2D eigenvalue weighted by atomic mass is 35.5. The van der Waals surface area contributed by atoms with Crippen LogP contribution in [-0.2, 0) is 0 Å². The number of aliphatic hydroxyl groups excluding tert-OH is 1. The van der Waals surface area contributed by atoms with Gasteiger partial charge < -0.3 is 5.11 Å². The highest BCUT2D eigenvalue weighted by molar-refractivity contribution is 7.17. The monoisotopic (exact) mass is 321 g/mol. The number of hydrogen-bond acceptors (Lipinski definition) is 3. The van der Waals surface area contributed by atoms with Crippen molar-refractivity contribution in [2.45, 2.75) is 26.9 Å². The third-order valence-corrected chi connectivity index (χ3v) is 4.14. The molecule has 0 fully saturated rings. The normalized spacial score (nSPS) is 15.1. The molecule has 0 aliphatic heterocycles. The van der Waals surface area contributed by atoms with Gasteiger partial charge in [0, 0.05) is 17.3 Å². The topological polar surface area (TPSA) is 32.6 Å². The maximum absolute atomic E-state index is 10.4. The van der Waals surface area contributed by atoms with E-state index in [4.69, 9.17) is 11.6 Å². The summed E-state index contributed by atoms with van der Waals surface area (Å²) in [5.41, 5.74) is 2.29. The second kappa shape index (κ2) is 8.78. The molecule has 21 heavy (non-hydrogen) atoms. The molecule has 1 rings (SSSR count). The molecule has 1 aromatic rings. The molecule has 1 heterocycles. The van der Waals surface area contributed by atoms with Crippen LogP contribution in [0.25, 0.3) is 5.57 Å². The van der Waals surface area contributed by atoms with Gasteiger partial charge in [-0.1, -0.05) is 30.3 Å². The van der Waals surface area contributed by atoms with Crippen LogP contribution in [-0.4, -0.2) is 17.4 Å². The lowest BCUT2D eigenvalue weighted by molar-refractivity contribution is 0.252. The molecule has 0 radical (unpaired) electrons. The zero-order chi connectivity index (χ0) is 15.8. The summed E-state index contributed by atoms with van der Waals surface area (Å²) in [7, 11) is 0. The lowest BCUT2D eigenvalue weighted by Crippen LogP contribution is -2.12. The summed E-state index contributed by atoms with van der Waals surface area (Å²) in [5, 5.41) is 10.4. The Morgan fingerprint density at radius 3 is 2.67 bits per heavy atom. The molecular formula is C17H20ClNOS. The van der Waals surface area contributed by atoms with E-state index in [0.717, 1.165) is 20.4 Å². The SMILES string of the molecule is C=C(/C(=C\C)c1ccc(Cl)s1)C(O)/C(C)=C/N=C\C=C/C. The number of thiophene rings is 1. The van der Waals surface area contributed by atoms with Crippen LogP contribution in [0.15, 0.2) is 59.3 Å². The predicted molar refractivity (Wildman–Crippen MR) is 95.2 cm³/mol. The van der Waals surface area contributed by atoms with Crippen LogP contribution in [0.4, 0.5) is 0 Å². The largest absolute Gasteiger partial charge is 0.384 e. The zero-order valence-corrected chi connectivity index (χ0v) is 14.1. The predicted octanol–water partition coefficient (Wildman–Crippen LogP) is 5.27. The van der Waals surface area contributed by atoms with Gasteiger partial charge in [0.2, 0.25) is 0 Å². The molecule has 1 atom stereocenters. The molecule has 0 spiro atoms. The Morgan fingerprint density at radius 1 is 1.43 bits per heavy atom. The molecule has 1 aromatic heterocycles. The average molecular weight is 322 g/mol. The fraction of sp³-hybridized carbons (Fsp3) is 0.235. The van der Waals surface area contributed by atoms with Crippen molar-refractivity contribution >= 4 is 34.7 Å². The number of aliphatic hydroxyl groups is 1. The molecule has 0 saturated heterocycles. The number of aliphatic imine (C=N–C) groups is 1. The van der Waals surface area contributed by atoms with E-state index in [2.05, 4.69) is 11.6 Å². The first-order chi connectivity index (χ1) is 10.0. The first-order valence-electron chi connectivity index (χ1n) is 6.61. The Morgan fingerprint density at radius 2 is 2.14 bits per heavy atom. The first-order valence-corrected chi connectivity index (χ1v) is 7.81. The van der Waals surface area contributed by atoms with Gasteiger partial charge in [-0.2, -0.15) is 0 Å². The van der Waals surface area contributed by atoms with Crippen LogP contribution in [0.5, 0.6) is 0 Å². The first kappa shape index (κ1) is 17.6. The Kier molecular flexibility index (Phi) is 7.37. The second-order valence-corrected chi connectivity index (χ2v) is 6.15. The molecular weight excluding hydrogens is 302 g/mol. The van der Waals surface area contributed by atoms with E-state index >= 15 is 0 Å². The van der Waals surface area contributed by atoms with Crippen molar-refractivity contribution in [3.05, 3.63) is 63.5 Å². The van der Waals surface area contributed by atoms with Crippen LogP contribution < -0.4 is 0 Å². The van der Waals surface area contributed by atoms with Gasteiger partial charge in [0.15, 0.2) is 0 Å². The molecule has 0 saturated carbocycles. The molecule has 0 aliphatic carbocycles. The maximum Gasteiger partial charge on any atom is 0.102 e. The van der Waals surface area contributed by atoms with Crippen LogP contribution in [0.1, 0.15) is 25.6 Å². The van der Waals surface area contributed by atoms with Gasteiger partial charge in [-0.05, 0) is 55.7 Å². The second-order valence-electron chi connectivity index (χ2n) is 4.43. The summed E-state index contributed by atoms with van der Waals surface area (Å²) >= 11 is 7.44. The third-order valence-electron chi connectivity index (χ3n) is 2.88. The van der Waals surface area contributed by atoms with Crippen molar-refractivity contribution in [1.29, 1.82) is 0 Å². The van der Waals surface area contributed by atoms with Crippen LogP contribution in [0.2, 0.25) is 4.34 Å². The van der Waals surface area contributed by atoms with Crippen LogP contribution in [0.3, 0.4) is 0 Å². The fourth-order valence-electron chi connectivity index (χ4n) is 1.73. The lowest BCUT2D eigenvalue weighted by atomic mass is 9.96. The molecule has 0 amide bonds. The summed E-state index contributed by atoms with van der Waals surface area (Å²) in [6, 6.07) is 3.78. The van der Waals surface area contributed by atoms with Crippen molar-refractivity contribution in [3.8, 4) is 0 Å². The summed E-state index contributed by atoms with van der Waals surface area (Å²) in [6.07, 6.45) is 8.21. The van der Waals surface area contributed by atoms with Gasteiger partial charge in [0.05, 0.1) is 4.34 Å². The number of allylic oxidation sites excluding steroid dienone is 3. The van der Waals surface area contributed by atoms with Crippen molar-refractivity contribution < 1.29 is 5.11 Å². The van der Waals surface area contributed by atoms with Crippen molar-refractivity contribution in [2.24, 2.45) is 4.99 Å². The Labute approximate surface area is 135 Å². The highest BCUT2D eigenvalue weighted by Crippen LogP contribution is 2.33. The van der Waals surface area contributed by atoms with Gasteiger partial charge >= 0.3 is 0 Å². The van der Waals surface area contributed by atoms with Gasteiger partial charge in [-0.3, -0.25) is 4.99 Å². The standard InChI is InChI=1S/C17H20ClNOS/c1-5-7-10-19-11-12(3)17(20)13(4)14(6-2)15-8-9-16(18)21-15/h5-11,17,20H,4H2,1-3H3/b7-5-,12-11+,14-6+,19-10-. The zero-order valence-electron chi connectivity index (χ0n) is 12.5. The number of hydrogen-bond donors (Lipinski definition) is 1. The quantitative estimate of drug-likeness (QED) is 0.561. The van der Waals surface area contributed by atoms with Crippen LogP contribution in [0, 0.1) is 0 Å². The van der Waals surface area contributed by atoms with E-state index in [1.165, 1.54) is 11.3 Å². The highest BCUT2D eigenvalue weighted by Gasteiger charge is 2.17. The van der Waals surface area contributed by atoms with E-state index in [0.29, 0.717) is 5.57 Å². The molecule has 1 unspecified atom stereocenters. The molecule has 0 aliphatic rings. The number of rotatable bonds is 6.